The lowest BCUT2D eigenvalue weighted by Crippen LogP contribution is -2.34. The van der Waals surface area contributed by atoms with Crippen molar-refractivity contribution in [3.05, 3.63) is 69.4 Å². The highest BCUT2D eigenvalue weighted by atomic mass is 16.5. The molecule has 0 atom stereocenters. The van der Waals surface area contributed by atoms with Gasteiger partial charge >= 0.3 is 0 Å². The summed E-state index contributed by atoms with van der Waals surface area (Å²) in [6.45, 7) is 9.99. The smallest absolute Gasteiger partial charge is 0.265 e. The summed E-state index contributed by atoms with van der Waals surface area (Å²) in [6, 6.07) is 6.57. The Morgan fingerprint density at radius 3 is 2.54 bits per heavy atom. The quantitative estimate of drug-likeness (QED) is 0.590. The SMILES string of the molecule is [C-]#[N+]/C(C#N)=C1C=C(/C=C/c2cc3c4c(c2)CCCN4CCC3)OCC\1. The summed E-state index contributed by atoms with van der Waals surface area (Å²) in [5.74, 6) is 0.718. The summed E-state index contributed by atoms with van der Waals surface area (Å²) < 4.78 is 5.69. The molecule has 4 rings (SSSR count). The van der Waals surface area contributed by atoms with Crippen molar-refractivity contribution in [2.75, 3.05) is 24.6 Å². The zero-order valence-electron chi connectivity index (χ0n) is 14.8. The predicted octanol–water partition coefficient (Wildman–Crippen LogP) is 4.40. The number of nitrogens with zero attached hydrogens (tertiary/aromatic N) is 3. The molecule has 130 valence electrons. The van der Waals surface area contributed by atoms with Crippen molar-refractivity contribution in [3.63, 3.8) is 0 Å². The molecule has 26 heavy (non-hydrogen) atoms. The molecule has 1 aromatic rings. The van der Waals surface area contributed by atoms with Crippen molar-refractivity contribution in [2.45, 2.75) is 32.1 Å². The molecular formula is C22H21N3O. The fraction of sp³-hybridized carbons (Fsp3) is 0.364. The minimum absolute atomic E-state index is 0.164. The molecule has 3 aliphatic rings. The lowest BCUT2D eigenvalue weighted by Gasteiger charge is -2.37. The van der Waals surface area contributed by atoms with Gasteiger partial charge in [-0.15, -0.1) is 0 Å². The molecule has 0 saturated heterocycles. The molecule has 0 N–H and O–H groups in total. The van der Waals surface area contributed by atoms with Crippen LogP contribution in [0.5, 0.6) is 0 Å². The summed E-state index contributed by atoms with van der Waals surface area (Å²) in [6.07, 6.45) is 11.2. The van der Waals surface area contributed by atoms with Crippen molar-refractivity contribution in [2.24, 2.45) is 0 Å². The fourth-order valence-electron chi connectivity index (χ4n) is 4.12. The van der Waals surface area contributed by atoms with Crippen molar-refractivity contribution >= 4 is 11.8 Å². The highest BCUT2D eigenvalue weighted by Crippen LogP contribution is 2.36. The van der Waals surface area contributed by atoms with Gasteiger partial charge in [0.1, 0.15) is 5.76 Å². The van der Waals surface area contributed by atoms with E-state index in [1.807, 2.05) is 18.2 Å². The third-order valence-corrected chi connectivity index (χ3v) is 5.27. The van der Waals surface area contributed by atoms with E-state index < -0.39 is 0 Å². The molecule has 3 heterocycles. The van der Waals surface area contributed by atoms with E-state index in [9.17, 15) is 0 Å². The maximum absolute atomic E-state index is 9.06. The molecular weight excluding hydrogens is 322 g/mol. The fourth-order valence-corrected chi connectivity index (χ4v) is 4.12. The van der Waals surface area contributed by atoms with Gasteiger partial charge in [-0.05, 0) is 78.7 Å². The first-order valence-electron chi connectivity index (χ1n) is 9.22. The van der Waals surface area contributed by atoms with Gasteiger partial charge in [0.25, 0.3) is 5.70 Å². The molecule has 0 unspecified atom stereocenters. The van der Waals surface area contributed by atoms with Crippen molar-refractivity contribution in [1.29, 1.82) is 5.26 Å². The van der Waals surface area contributed by atoms with Gasteiger partial charge in [-0.25, -0.2) is 10.1 Å². The maximum atomic E-state index is 9.06. The van der Waals surface area contributed by atoms with Gasteiger partial charge in [-0.1, -0.05) is 6.08 Å². The van der Waals surface area contributed by atoms with Gasteiger partial charge in [0, 0.05) is 18.8 Å². The number of hydrogen-bond acceptors (Lipinski definition) is 3. The molecule has 0 radical (unpaired) electrons. The molecule has 0 aliphatic carbocycles. The van der Waals surface area contributed by atoms with Crippen LogP contribution in [0.4, 0.5) is 5.69 Å². The number of aryl methyl sites for hydroxylation is 2. The Labute approximate surface area is 154 Å². The van der Waals surface area contributed by atoms with Gasteiger partial charge in [0.15, 0.2) is 0 Å². The summed E-state index contributed by atoms with van der Waals surface area (Å²) in [7, 11) is 0. The molecule has 4 nitrogen and oxygen atoms in total. The maximum Gasteiger partial charge on any atom is 0.265 e. The third kappa shape index (κ3) is 3.11. The molecule has 0 saturated carbocycles. The number of benzene rings is 1. The number of rotatable bonds is 2. The normalized spacial score (nSPS) is 20.5. The minimum atomic E-state index is 0.164. The van der Waals surface area contributed by atoms with E-state index >= 15 is 0 Å². The molecule has 0 amide bonds. The first kappa shape index (κ1) is 16.5. The first-order chi connectivity index (χ1) is 12.8. The summed E-state index contributed by atoms with van der Waals surface area (Å²) in [5.41, 5.74) is 6.54. The zero-order valence-corrected chi connectivity index (χ0v) is 14.8. The Balaban J connectivity index is 1.63. The third-order valence-electron chi connectivity index (χ3n) is 5.27. The van der Waals surface area contributed by atoms with E-state index in [1.165, 1.54) is 48.3 Å². The number of allylic oxidation sites excluding steroid dienone is 3. The summed E-state index contributed by atoms with van der Waals surface area (Å²) in [4.78, 5) is 5.85. The first-order valence-corrected chi connectivity index (χ1v) is 9.22. The number of ether oxygens (including phenoxy) is 1. The zero-order chi connectivity index (χ0) is 17.9. The molecule has 4 heteroatoms. The molecule has 3 aliphatic heterocycles. The second kappa shape index (κ2) is 7.10. The number of hydrogen-bond donors (Lipinski definition) is 0. The topological polar surface area (TPSA) is 40.6 Å². The van der Waals surface area contributed by atoms with E-state index in [-0.39, 0.29) is 5.70 Å². The van der Waals surface area contributed by atoms with Crippen LogP contribution in [0.3, 0.4) is 0 Å². The van der Waals surface area contributed by atoms with Crippen LogP contribution < -0.4 is 4.90 Å². The molecule has 1 aromatic carbocycles. The second-order valence-electron chi connectivity index (χ2n) is 6.96. The van der Waals surface area contributed by atoms with Crippen LogP contribution >= 0.6 is 0 Å². The van der Waals surface area contributed by atoms with E-state index in [0.717, 1.165) is 24.2 Å². The summed E-state index contributed by atoms with van der Waals surface area (Å²) in [5, 5.41) is 9.06. The van der Waals surface area contributed by atoms with Crippen LogP contribution in [0.1, 0.15) is 36.0 Å². The van der Waals surface area contributed by atoms with Crippen LogP contribution in [0.15, 0.2) is 41.3 Å². The molecule has 0 spiro atoms. The Bertz CT molecular complexity index is 861. The van der Waals surface area contributed by atoms with E-state index in [1.54, 1.807) is 0 Å². The average Bonchev–Trinajstić information content (AvgIpc) is 2.68. The van der Waals surface area contributed by atoms with E-state index in [0.29, 0.717) is 13.0 Å². The van der Waals surface area contributed by atoms with Gasteiger partial charge in [0.05, 0.1) is 19.2 Å². The van der Waals surface area contributed by atoms with Crippen molar-refractivity contribution in [1.82, 2.24) is 0 Å². The van der Waals surface area contributed by atoms with Gasteiger partial charge < -0.3 is 9.64 Å². The van der Waals surface area contributed by atoms with Gasteiger partial charge in [-0.3, -0.25) is 0 Å². The standard InChI is InChI=1S/C22H21N3O/c1-24-21(15-23)17-8-11-26-20(14-17)7-6-16-12-18-4-2-9-25-10-3-5-19(13-16)22(18)25/h6-7,12-14H,2-5,8-11H2/b7-6+,21-17-. The van der Waals surface area contributed by atoms with Crippen LogP contribution in [0.25, 0.3) is 10.9 Å². The van der Waals surface area contributed by atoms with Crippen LogP contribution in [0, 0.1) is 17.9 Å². The second-order valence-corrected chi connectivity index (χ2v) is 6.96. The monoisotopic (exact) mass is 343 g/mol. The predicted molar refractivity (Wildman–Crippen MR) is 102 cm³/mol. The Hall–Kier alpha value is -2.98. The van der Waals surface area contributed by atoms with E-state index in [4.69, 9.17) is 16.6 Å². The molecule has 0 fully saturated rings. The van der Waals surface area contributed by atoms with E-state index in [2.05, 4.69) is 28.0 Å². The largest absolute Gasteiger partial charge is 0.493 e. The average molecular weight is 343 g/mol. The lowest BCUT2D eigenvalue weighted by atomic mass is 9.90. The lowest BCUT2D eigenvalue weighted by molar-refractivity contribution is 0.219. The number of anilines is 1. The Morgan fingerprint density at radius 2 is 1.88 bits per heavy atom. The highest BCUT2D eigenvalue weighted by molar-refractivity contribution is 5.68. The van der Waals surface area contributed by atoms with Crippen molar-refractivity contribution < 1.29 is 4.74 Å². The Morgan fingerprint density at radius 1 is 1.15 bits per heavy atom. The van der Waals surface area contributed by atoms with Crippen LogP contribution in [0.2, 0.25) is 0 Å². The van der Waals surface area contributed by atoms with Gasteiger partial charge in [-0.2, -0.15) is 0 Å². The number of nitriles is 1. The van der Waals surface area contributed by atoms with Gasteiger partial charge in [0.2, 0.25) is 0 Å². The summed E-state index contributed by atoms with van der Waals surface area (Å²) >= 11 is 0. The highest BCUT2D eigenvalue weighted by Gasteiger charge is 2.23. The Kier molecular flexibility index (Phi) is 4.50. The molecule has 0 bridgehead atoms. The molecule has 0 aromatic heterocycles. The van der Waals surface area contributed by atoms with Crippen molar-refractivity contribution in [3.8, 4) is 6.07 Å². The van der Waals surface area contributed by atoms with Crippen LogP contribution in [-0.2, 0) is 17.6 Å². The van der Waals surface area contributed by atoms with Crippen LogP contribution in [-0.4, -0.2) is 19.7 Å². The minimum Gasteiger partial charge on any atom is -0.493 e.